The number of aryl methyl sites for hydroxylation is 1. The first-order chi connectivity index (χ1) is 10.9. The van der Waals surface area contributed by atoms with Crippen LogP contribution in [0.1, 0.15) is 11.1 Å². The van der Waals surface area contributed by atoms with Crippen molar-refractivity contribution in [1.29, 1.82) is 0 Å². The topological polar surface area (TPSA) is 58.2 Å². The van der Waals surface area contributed by atoms with Crippen molar-refractivity contribution < 1.29 is 18.4 Å². The number of carbonyl (C=O) groups excluding carboxylic acids is 2. The molecule has 0 saturated heterocycles. The Kier molecular flexibility index (Phi) is 5.41. The van der Waals surface area contributed by atoms with Crippen LogP contribution in [0, 0.1) is 18.6 Å². The van der Waals surface area contributed by atoms with Gasteiger partial charge in [0.15, 0.2) is 0 Å². The maximum atomic E-state index is 13.4. The second-order valence-electron chi connectivity index (χ2n) is 5.11. The number of anilines is 1. The van der Waals surface area contributed by atoms with Gasteiger partial charge < -0.3 is 10.6 Å². The molecule has 0 aliphatic carbocycles. The van der Waals surface area contributed by atoms with E-state index in [0.717, 1.165) is 23.3 Å². The van der Waals surface area contributed by atoms with Gasteiger partial charge in [0, 0.05) is 6.07 Å². The summed E-state index contributed by atoms with van der Waals surface area (Å²) < 4.78 is 26.2. The van der Waals surface area contributed by atoms with E-state index in [9.17, 15) is 18.4 Å². The van der Waals surface area contributed by atoms with Crippen LogP contribution in [0.2, 0.25) is 0 Å². The molecule has 0 fully saturated rings. The highest BCUT2D eigenvalue weighted by molar-refractivity contribution is 5.94. The van der Waals surface area contributed by atoms with Crippen molar-refractivity contribution in [3.05, 3.63) is 65.2 Å². The summed E-state index contributed by atoms with van der Waals surface area (Å²) in [6.45, 7) is 1.63. The average Bonchev–Trinajstić information content (AvgIpc) is 2.48. The molecule has 0 aliphatic heterocycles. The lowest BCUT2D eigenvalue weighted by Gasteiger charge is -2.08. The molecule has 2 N–H and O–H groups in total. The first-order valence-electron chi connectivity index (χ1n) is 7.01. The molecule has 0 aliphatic rings. The van der Waals surface area contributed by atoms with Gasteiger partial charge >= 0.3 is 0 Å². The highest BCUT2D eigenvalue weighted by atomic mass is 19.1. The number of carbonyl (C=O) groups is 2. The fraction of sp³-hybridized carbons (Fsp3) is 0.176. The molecule has 2 aromatic rings. The second-order valence-corrected chi connectivity index (χ2v) is 5.11. The Morgan fingerprint density at radius 2 is 1.83 bits per heavy atom. The Hall–Kier alpha value is -2.76. The van der Waals surface area contributed by atoms with Gasteiger partial charge in [0.2, 0.25) is 11.8 Å². The molecule has 23 heavy (non-hydrogen) atoms. The van der Waals surface area contributed by atoms with Crippen LogP contribution in [0.3, 0.4) is 0 Å². The molecule has 0 unspecified atom stereocenters. The third-order valence-electron chi connectivity index (χ3n) is 3.10. The average molecular weight is 318 g/mol. The summed E-state index contributed by atoms with van der Waals surface area (Å²) in [5, 5.41) is 4.72. The molecule has 0 radical (unpaired) electrons. The van der Waals surface area contributed by atoms with Gasteiger partial charge in [-0.05, 0) is 24.6 Å². The van der Waals surface area contributed by atoms with Crippen molar-refractivity contribution in [3.63, 3.8) is 0 Å². The summed E-state index contributed by atoms with van der Waals surface area (Å²) in [5.41, 5.74) is 1.75. The normalized spacial score (nSPS) is 10.2. The van der Waals surface area contributed by atoms with Gasteiger partial charge in [0.1, 0.15) is 11.6 Å². The summed E-state index contributed by atoms with van der Waals surface area (Å²) in [7, 11) is 0. The molecule has 2 rings (SSSR count). The number of nitrogens with one attached hydrogen (secondary N) is 2. The van der Waals surface area contributed by atoms with Gasteiger partial charge in [0.05, 0.1) is 18.7 Å². The van der Waals surface area contributed by atoms with Crippen LogP contribution >= 0.6 is 0 Å². The lowest BCUT2D eigenvalue weighted by atomic mass is 10.1. The van der Waals surface area contributed by atoms with Gasteiger partial charge in [-0.15, -0.1) is 0 Å². The Bertz CT molecular complexity index is 732. The molecule has 0 atom stereocenters. The van der Waals surface area contributed by atoms with Crippen molar-refractivity contribution in [2.45, 2.75) is 13.3 Å². The molecule has 6 heteroatoms. The van der Waals surface area contributed by atoms with E-state index in [0.29, 0.717) is 6.07 Å². The molecule has 0 aromatic heterocycles. The summed E-state index contributed by atoms with van der Waals surface area (Å²) in [4.78, 5) is 23.5. The van der Waals surface area contributed by atoms with E-state index in [1.165, 1.54) is 0 Å². The fourth-order valence-electron chi connectivity index (χ4n) is 2.03. The minimum atomic E-state index is -0.871. The molecular formula is C17H16F2N2O2. The molecule has 0 bridgehead atoms. The molecule has 120 valence electrons. The zero-order valence-electron chi connectivity index (χ0n) is 12.5. The van der Waals surface area contributed by atoms with Crippen molar-refractivity contribution in [2.75, 3.05) is 11.9 Å². The van der Waals surface area contributed by atoms with E-state index >= 15 is 0 Å². The Morgan fingerprint density at radius 3 is 2.52 bits per heavy atom. The van der Waals surface area contributed by atoms with Crippen molar-refractivity contribution >= 4 is 17.5 Å². The number of rotatable bonds is 5. The van der Waals surface area contributed by atoms with Crippen LogP contribution in [0.15, 0.2) is 42.5 Å². The van der Waals surface area contributed by atoms with E-state index < -0.39 is 17.5 Å². The Balaban J connectivity index is 1.83. The van der Waals surface area contributed by atoms with E-state index in [-0.39, 0.29) is 24.6 Å². The summed E-state index contributed by atoms with van der Waals surface area (Å²) in [6.07, 6.45) is 0.153. The number of hydrogen-bond acceptors (Lipinski definition) is 2. The molecule has 0 saturated carbocycles. The zero-order valence-corrected chi connectivity index (χ0v) is 12.5. The minimum absolute atomic E-state index is 0.135. The highest BCUT2D eigenvalue weighted by Crippen LogP contribution is 2.14. The SMILES string of the molecule is Cc1cccc(CC(=O)NCC(=O)Nc2ccc(F)cc2F)c1. The number of benzene rings is 2. The van der Waals surface area contributed by atoms with Crippen LogP contribution in [-0.2, 0) is 16.0 Å². The van der Waals surface area contributed by atoms with Gasteiger partial charge in [-0.3, -0.25) is 9.59 Å². The van der Waals surface area contributed by atoms with Crippen LogP contribution in [-0.4, -0.2) is 18.4 Å². The van der Waals surface area contributed by atoms with Gasteiger partial charge in [0.25, 0.3) is 0 Å². The predicted molar refractivity (Wildman–Crippen MR) is 82.9 cm³/mol. The minimum Gasteiger partial charge on any atom is -0.347 e. The summed E-state index contributed by atoms with van der Waals surface area (Å²) in [5.74, 6) is -2.50. The largest absolute Gasteiger partial charge is 0.347 e. The van der Waals surface area contributed by atoms with Gasteiger partial charge in [-0.1, -0.05) is 29.8 Å². The lowest BCUT2D eigenvalue weighted by Crippen LogP contribution is -2.33. The molecule has 4 nitrogen and oxygen atoms in total. The first-order valence-corrected chi connectivity index (χ1v) is 7.01. The van der Waals surface area contributed by atoms with Crippen molar-refractivity contribution in [1.82, 2.24) is 5.32 Å². The van der Waals surface area contributed by atoms with Crippen LogP contribution in [0.4, 0.5) is 14.5 Å². The molecule has 0 heterocycles. The number of halogens is 2. The predicted octanol–water partition coefficient (Wildman–Crippen LogP) is 2.57. The quantitative estimate of drug-likeness (QED) is 0.890. The number of hydrogen-bond donors (Lipinski definition) is 2. The monoisotopic (exact) mass is 318 g/mol. The lowest BCUT2D eigenvalue weighted by molar-refractivity contribution is -0.123. The van der Waals surface area contributed by atoms with Crippen LogP contribution in [0.5, 0.6) is 0 Å². The van der Waals surface area contributed by atoms with Crippen molar-refractivity contribution in [2.24, 2.45) is 0 Å². The first kappa shape index (κ1) is 16.6. The van der Waals surface area contributed by atoms with E-state index in [2.05, 4.69) is 10.6 Å². The van der Waals surface area contributed by atoms with Crippen LogP contribution < -0.4 is 10.6 Å². The molecular weight excluding hydrogens is 302 g/mol. The number of amides is 2. The Labute approximate surface area is 132 Å². The zero-order chi connectivity index (χ0) is 16.8. The second kappa shape index (κ2) is 7.49. The third-order valence-corrected chi connectivity index (χ3v) is 3.10. The summed E-state index contributed by atoms with van der Waals surface area (Å²) in [6, 6.07) is 10.3. The molecule has 2 aromatic carbocycles. The Morgan fingerprint density at radius 1 is 1.04 bits per heavy atom. The summed E-state index contributed by atoms with van der Waals surface area (Å²) >= 11 is 0. The molecule has 2 amide bonds. The smallest absolute Gasteiger partial charge is 0.243 e. The van der Waals surface area contributed by atoms with E-state index in [1.807, 2.05) is 31.2 Å². The highest BCUT2D eigenvalue weighted by Gasteiger charge is 2.10. The van der Waals surface area contributed by atoms with Crippen molar-refractivity contribution in [3.8, 4) is 0 Å². The maximum absolute atomic E-state index is 13.4. The van der Waals surface area contributed by atoms with Gasteiger partial charge in [-0.25, -0.2) is 8.78 Å². The van der Waals surface area contributed by atoms with Gasteiger partial charge in [-0.2, -0.15) is 0 Å². The maximum Gasteiger partial charge on any atom is 0.243 e. The van der Waals surface area contributed by atoms with E-state index in [1.54, 1.807) is 0 Å². The molecule has 0 spiro atoms. The fourth-order valence-corrected chi connectivity index (χ4v) is 2.03. The third kappa shape index (κ3) is 5.18. The van der Waals surface area contributed by atoms with E-state index in [4.69, 9.17) is 0 Å². The standard InChI is InChI=1S/C17H16F2N2O2/c1-11-3-2-4-12(7-11)8-16(22)20-10-17(23)21-15-6-5-13(18)9-14(15)19/h2-7,9H,8,10H2,1H3,(H,20,22)(H,21,23). The van der Waals surface area contributed by atoms with Crippen LogP contribution in [0.25, 0.3) is 0 Å².